The SMILES string of the molecule is CCCCS(=O)(=O)NCC(Cc1ccccn1)c1ccccc1. The van der Waals surface area contributed by atoms with Gasteiger partial charge >= 0.3 is 0 Å². The molecule has 1 heterocycles. The highest BCUT2D eigenvalue weighted by molar-refractivity contribution is 7.89. The first-order valence-corrected chi connectivity index (χ1v) is 9.68. The fraction of sp³-hybridized carbons (Fsp3) is 0.389. The normalized spacial score (nSPS) is 12.9. The topological polar surface area (TPSA) is 59.1 Å². The number of unbranched alkanes of at least 4 members (excludes halogenated alkanes) is 1. The molecule has 2 rings (SSSR count). The number of hydrogen-bond donors (Lipinski definition) is 1. The molecule has 0 radical (unpaired) electrons. The molecule has 0 amide bonds. The van der Waals surface area contributed by atoms with Crippen LogP contribution in [0.15, 0.2) is 54.7 Å². The molecule has 0 aliphatic heterocycles. The molecule has 1 atom stereocenters. The molecular formula is C18H24N2O2S. The molecule has 1 unspecified atom stereocenters. The van der Waals surface area contributed by atoms with Gasteiger partial charge in [0.1, 0.15) is 0 Å². The van der Waals surface area contributed by atoms with E-state index < -0.39 is 10.0 Å². The van der Waals surface area contributed by atoms with Crippen molar-refractivity contribution in [3.63, 3.8) is 0 Å². The number of benzene rings is 1. The van der Waals surface area contributed by atoms with Crippen molar-refractivity contribution >= 4 is 10.0 Å². The van der Waals surface area contributed by atoms with E-state index in [0.717, 1.165) is 17.7 Å². The third-order valence-electron chi connectivity index (χ3n) is 3.77. The maximum absolute atomic E-state index is 12.1. The average Bonchev–Trinajstić information content (AvgIpc) is 2.58. The molecule has 4 nitrogen and oxygen atoms in total. The summed E-state index contributed by atoms with van der Waals surface area (Å²) >= 11 is 0. The molecule has 0 bridgehead atoms. The second kappa shape index (κ2) is 8.79. The van der Waals surface area contributed by atoms with Gasteiger partial charge in [-0.25, -0.2) is 13.1 Å². The van der Waals surface area contributed by atoms with Crippen LogP contribution in [-0.4, -0.2) is 25.7 Å². The van der Waals surface area contributed by atoms with Gasteiger partial charge < -0.3 is 0 Å². The number of rotatable bonds is 9. The summed E-state index contributed by atoms with van der Waals surface area (Å²) in [5.74, 6) is 0.261. The van der Waals surface area contributed by atoms with Gasteiger partial charge in [0.2, 0.25) is 10.0 Å². The predicted molar refractivity (Wildman–Crippen MR) is 93.8 cm³/mol. The zero-order valence-electron chi connectivity index (χ0n) is 13.5. The number of nitrogens with zero attached hydrogens (tertiary/aromatic N) is 1. The van der Waals surface area contributed by atoms with Gasteiger partial charge in [0.25, 0.3) is 0 Å². The maximum atomic E-state index is 12.1. The Bertz CT molecular complexity index is 673. The summed E-state index contributed by atoms with van der Waals surface area (Å²) in [6.45, 7) is 2.38. The van der Waals surface area contributed by atoms with Crippen molar-refractivity contribution in [1.82, 2.24) is 9.71 Å². The van der Waals surface area contributed by atoms with Gasteiger partial charge in [0.05, 0.1) is 5.75 Å². The van der Waals surface area contributed by atoms with Crippen LogP contribution in [0.4, 0.5) is 0 Å². The molecular weight excluding hydrogens is 308 g/mol. The largest absolute Gasteiger partial charge is 0.261 e. The Labute approximate surface area is 139 Å². The Morgan fingerprint density at radius 1 is 1.09 bits per heavy atom. The van der Waals surface area contributed by atoms with E-state index in [-0.39, 0.29) is 11.7 Å². The summed E-state index contributed by atoms with van der Waals surface area (Å²) in [5, 5.41) is 0. The number of aromatic nitrogens is 1. The lowest BCUT2D eigenvalue weighted by Crippen LogP contribution is -2.31. The van der Waals surface area contributed by atoms with E-state index in [1.54, 1.807) is 6.20 Å². The van der Waals surface area contributed by atoms with Gasteiger partial charge in [-0.1, -0.05) is 49.7 Å². The van der Waals surface area contributed by atoms with Crippen molar-refractivity contribution in [2.75, 3.05) is 12.3 Å². The predicted octanol–water partition coefficient (Wildman–Crippen LogP) is 3.13. The van der Waals surface area contributed by atoms with Crippen molar-refractivity contribution in [3.8, 4) is 0 Å². The standard InChI is InChI=1S/C18H24N2O2S/c1-2-3-13-23(21,22)20-15-17(16-9-5-4-6-10-16)14-18-11-7-8-12-19-18/h4-12,17,20H,2-3,13-15H2,1H3. The summed E-state index contributed by atoms with van der Waals surface area (Å²) < 4.78 is 26.9. The van der Waals surface area contributed by atoms with Crippen LogP contribution in [0.5, 0.6) is 0 Å². The van der Waals surface area contributed by atoms with Gasteiger partial charge in [0.15, 0.2) is 0 Å². The highest BCUT2D eigenvalue weighted by Crippen LogP contribution is 2.19. The molecule has 0 saturated heterocycles. The molecule has 23 heavy (non-hydrogen) atoms. The van der Waals surface area contributed by atoms with E-state index in [4.69, 9.17) is 0 Å². The third kappa shape index (κ3) is 6.12. The van der Waals surface area contributed by atoms with Gasteiger partial charge in [0, 0.05) is 24.4 Å². The van der Waals surface area contributed by atoms with Crippen LogP contribution in [0, 0.1) is 0 Å². The Morgan fingerprint density at radius 2 is 1.83 bits per heavy atom. The summed E-state index contributed by atoms with van der Waals surface area (Å²) in [6.07, 6.45) is 4.03. The van der Waals surface area contributed by atoms with Crippen molar-refractivity contribution in [3.05, 3.63) is 66.0 Å². The smallest absolute Gasteiger partial charge is 0.211 e. The van der Waals surface area contributed by atoms with Gasteiger partial charge in [-0.05, 0) is 30.5 Å². The fourth-order valence-corrected chi connectivity index (χ4v) is 3.71. The molecule has 5 heteroatoms. The Kier molecular flexibility index (Phi) is 6.74. The Balaban J connectivity index is 2.08. The highest BCUT2D eigenvalue weighted by atomic mass is 32.2. The first kappa shape index (κ1) is 17.6. The van der Waals surface area contributed by atoms with Crippen LogP contribution in [0.25, 0.3) is 0 Å². The molecule has 0 spiro atoms. The number of nitrogens with one attached hydrogen (secondary N) is 1. The zero-order valence-corrected chi connectivity index (χ0v) is 14.3. The molecule has 0 aliphatic rings. The number of hydrogen-bond acceptors (Lipinski definition) is 3. The molecule has 1 N–H and O–H groups in total. The monoisotopic (exact) mass is 332 g/mol. The van der Waals surface area contributed by atoms with E-state index in [9.17, 15) is 8.42 Å². The quantitative estimate of drug-likeness (QED) is 0.767. The maximum Gasteiger partial charge on any atom is 0.211 e. The summed E-state index contributed by atoms with van der Waals surface area (Å²) in [6, 6.07) is 15.8. The lowest BCUT2D eigenvalue weighted by Gasteiger charge is -2.18. The lowest BCUT2D eigenvalue weighted by molar-refractivity contribution is 0.564. The van der Waals surface area contributed by atoms with Crippen molar-refractivity contribution < 1.29 is 8.42 Å². The van der Waals surface area contributed by atoms with E-state index in [2.05, 4.69) is 9.71 Å². The van der Waals surface area contributed by atoms with Crippen LogP contribution in [0.3, 0.4) is 0 Å². The Hall–Kier alpha value is -1.72. The number of pyridine rings is 1. The molecule has 0 saturated carbocycles. The van der Waals surface area contributed by atoms with Gasteiger partial charge in [-0.15, -0.1) is 0 Å². The summed E-state index contributed by atoms with van der Waals surface area (Å²) in [7, 11) is -3.21. The van der Waals surface area contributed by atoms with E-state index in [0.29, 0.717) is 19.4 Å². The van der Waals surface area contributed by atoms with Crippen molar-refractivity contribution in [2.24, 2.45) is 0 Å². The average molecular weight is 332 g/mol. The van der Waals surface area contributed by atoms with E-state index in [1.807, 2.05) is 55.5 Å². The number of sulfonamides is 1. The minimum Gasteiger partial charge on any atom is -0.261 e. The molecule has 1 aromatic carbocycles. The first-order valence-electron chi connectivity index (χ1n) is 8.03. The molecule has 2 aromatic rings. The molecule has 0 aliphatic carbocycles. The second-order valence-corrected chi connectivity index (χ2v) is 7.58. The van der Waals surface area contributed by atoms with Crippen LogP contribution in [0.1, 0.15) is 36.9 Å². The fourth-order valence-electron chi connectivity index (χ4n) is 2.44. The second-order valence-electron chi connectivity index (χ2n) is 5.65. The minimum atomic E-state index is -3.21. The van der Waals surface area contributed by atoms with Crippen LogP contribution < -0.4 is 4.72 Å². The van der Waals surface area contributed by atoms with Crippen molar-refractivity contribution in [1.29, 1.82) is 0 Å². The minimum absolute atomic E-state index is 0.0718. The lowest BCUT2D eigenvalue weighted by atomic mass is 9.94. The Morgan fingerprint density at radius 3 is 2.48 bits per heavy atom. The molecule has 0 fully saturated rings. The van der Waals surface area contributed by atoms with Crippen molar-refractivity contribution in [2.45, 2.75) is 32.1 Å². The molecule has 1 aromatic heterocycles. The highest BCUT2D eigenvalue weighted by Gasteiger charge is 2.17. The summed E-state index contributed by atoms with van der Waals surface area (Å²) in [5.41, 5.74) is 2.09. The first-order chi connectivity index (χ1) is 11.1. The molecule has 124 valence electrons. The van der Waals surface area contributed by atoms with Crippen LogP contribution in [0.2, 0.25) is 0 Å². The zero-order chi connectivity index (χ0) is 16.5. The van der Waals surface area contributed by atoms with Gasteiger partial charge in [-0.3, -0.25) is 4.98 Å². The third-order valence-corrected chi connectivity index (χ3v) is 5.20. The van der Waals surface area contributed by atoms with Crippen LogP contribution >= 0.6 is 0 Å². The van der Waals surface area contributed by atoms with Crippen LogP contribution in [-0.2, 0) is 16.4 Å². The van der Waals surface area contributed by atoms with Gasteiger partial charge in [-0.2, -0.15) is 0 Å². The van der Waals surface area contributed by atoms with E-state index >= 15 is 0 Å². The van der Waals surface area contributed by atoms with E-state index in [1.165, 1.54) is 0 Å². The summed E-state index contributed by atoms with van der Waals surface area (Å²) in [4.78, 5) is 4.36.